The highest BCUT2D eigenvalue weighted by atomic mass is 16.1. The summed E-state index contributed by atoms with van der Waals surface area (Å²) in [4.78, 5) is 10.9. The summed E-state index contributed by atoms with van der Waals surface area (Å²) in [6.07, 6.45) is 1.52. The maximum absolute atomic E-state index is 10.9. The first kappa shape index (κ1) is 5.34. The van der Waals surface area contributed by atoms with E-state index in [0.29, 0.717) is 12.1 Å². The van der Waals surface area contributed by atoms with Gasteiger partial charge in [-0.3, -0.25) is 4.79 Å². The first-order chi connectivity index (χ1) is 4.88. The Labute approximate surface area is 57.3 Å². The topological polar surface area (TPSA) is 54.9 Å². The van der Waals surface area contributed by atoms with E-state index < -0.39 is 0 Å². The second kappa shape index (κ2) is 1.76. The van der Waals surface area contributed by atoms with E-state index in [-0.39, 0.29) is 5.91 Å². The standard InChI is InChI=1S/C6H5N3O/c10-6-4-1-2-8-9-5(4)3-7-6/h1-2H,3H2,(H,7,10). The van der Waals surface area contributed by atoms with Crippen molar-refractivity contribution in [3.8, 4) is 0 Å². The zero-order valence-electron chi connectivity index (χ0n) is 5.16. The van der Waals surface area contributed by atoms with Gasteiger partial charge in [0, 0.05) is 0 Å². The molecule has 0 aromatic carbocycles. The molecule has 4 heteroatoms. The van der Waals surface area contributed by atoms with Crippen molar-refractivity contribution in [3.63, 3.8) is 0 Å². The Bertz CT molecular complexity index is 284. The fourth-order valence-corrected chi connectivity index (χ4v) is 0.958. The number of hydrogen-bond donors (Lipinski definition) is 1. The van der Waals surface area contributed by atoms with E-state index >= 15 is 0 Å². The molecule has 50 valence electrons. The Kier molecular flexibility index (Phi) is 0.943. The van der Waals surface area contributed by atoms with E-state index in [1.165, 1.54) is 6.20 Å². The molecule has 0 saturated heterocycles. The molecule has 1 aliphatic heterocycles. The first-order valence-electron chi connectivity index (χ1n) is 2.97. The van der Waals surface area contributed by atoms with Crippen LogP contribution in [0, 0.1) is 0 Å². The number of rotatable bonds is 0. The van der Waals surface area contributed by atoms with Gasteiger partial charge < -0.3 is 5.32 Å². The molecule has 0 fully saturated rings. The lowest BCUT2D eigenvalue weighted by atomic mass is 10.2. The molecule has 0 radical (unpaired) electrons. The lowest BCUT2D eigenvalue weighted by Crippen LogP contribution is -2.12. The highest BCUT2D eigenvalue weighted by molar-refractivity contribution is 5.97. The molecule has 1 aromatic rings. The zero-order chi connectivity index (χ0) is 6.97. The van der Waals surface area contributed by atoms with Crippen LogP contribution in [0.5, 0.6) is 0 Å². The number of carbonyl (C=O) groups is 1. The van der Waals surface area contributed by atoms with Crippen LogP contribution in [-0.4, -0.2) is 16.1 Å². The summed E-state index contributed by atoms with van der Waals surface area (Å²) >= 11 is 0. The van der Waals surface area contributed by atoms with Crippen LogP contribution in [0.15, 0.2) is 12.3 Å². The summed E-state index contributed by atoms with van der Waals surface area (Å²) in [6, 6.07) is 1.67. The van der Waals surface area contributed by atoms with Crippen LogP contribution in [-0.2, 0) is 6.54 Å². The second-order valence-electron chi connectivity index (χ2n) is 2.07. The molecule has 0 unspecified atom stereocenters. The predicted octanol–water partition coefficient (Wildman–Crippen LogP) is -0.280. The first-order valence-corrected chi connectivity index (χ1v) is 2.97. The summed E-state index contributed by atoms with van der Waals surface area (Å²) in [5, 5.41) is 10.1. The van der Waals surface area contributed by atoms with Crippen molar-refractivity contribution < 1.29 is 4.79 Å². The van der Waals surface area contributed by atoms with Crippen LogP contribution < -0.4 is 5.32 Å². The van der Waals surface area contributed by atoms with Crippen molar-refractivity contribution in [1.82, 2.24) is 15.5 Å². The minimum Gasteiger partial charge on any atom is -0.346 e. The summed E-state index contributed by atoms with van der Waals surface area (Å²) in [5.41, 5.74) is 1.39. The summed E-state index contributed by atoms with van der Waals surface area (Å²) in [6.45, 7) is 0.516. The molecular formula is C6H5N3O. The minimum absolute atomic E-state index is 0.0510. The van der Waals surface area contributed by atoms with Gasteiger partial charge in [-0.25, -0.2) is 0 Å². The van der Waals surface area contributed by atoms with Crippen molar-refractivity contribution in [2.24, 2.45) is 0 Å². The van der Waals surface area contributed by atoms with Crippen molar-refractivity contribution >= 4 is 5.91 Å². The van der Waals surface area contributed by atoms with Crippen molar-refractivity contribution in [2.75, 3.05) is 0 Å². The van der Waals surface area contributed by atoms with Crippen LogP contribution in [0.4, 0.5) is 0 Å². The predicted molar refractivity (Wildman–Crippen MR) is 33.2 cm³/mol. The molecule has 1 N–H and O–H groups in total. The molecule has 0 saturated carbocycles. The van der Waals surface area contributed by atoms with E-state index in [1.807, 2.05) is 0 Å². The fraction of sp³-hybridized carbons (Fsp3) is 0.167. The number of nitrogens with one attached hydrogen (secondary N) is 1. The molecule has 1 aliphatic rings. The average molecular weight is 135 g/mol. The fourth-order valence-electron chi connectivity index (χ4n) is 0.958. The van der Waals surface area contributed by atoms with Crippen LogP contribution in [0.1, 0.15) is 16.1 Å². The second-order valence-corrected chi connectivity index (χ2v) is 2.07. The summed E-state index contributed by atoms with van der Waals surface area (Å²) in [5.74, 6) is -0.0510. The number of carbonyl (C=O) groups excluding carboxylic acids is 1. The molecule has 0 atom stereocenters. The highest BCUT2D eigenvalue weighted by Gasteiger charge is 2.18. The Morgan fingerprint density at radius 1 is 1.60 bits per heavy atom. The highest BCUT2D eigenvalue weighted by Crippen LogP contribution is 2.09. The molecule has 0 spiro atoms. The summed E-state index contributed by atoms with van der Waals surface area (Å²) < 4.78 is 0. The lowest BCUT2D eigenvalue weighted by Gasteiger charge is -1.87. The Hall–Kier alpha value is -1.45. The number of fused-ring (bicyclic) bond motifs is 1. The number of hydrogen-bond acceptors (Lipinski definition) is 3. The van der Waals surface area contributed by atoms with Crippen LogP contribution in [0.25, 0.3) is 0 Å². The molecule has 2 rings (SSSR count). The van der Waals surface area contributed by atoms with Gasteiger partial charge in [-0.2, -0.15) is 10.2 Å². The Balaban J connectivity index is 2.61. The van der Waals surface area contributed by atoms with E-state index in [1.54, 1.807) is 6.07 Å². The molecular weight excluding hydrogens is 130 g/mol. The molecule has 1 amide bonds. The zero-order valence-corrected chi connectivity index (χ0v) is 5.16. The SMILES string of the molecule is O=C1NCc2nnccc21. The van der Waals surface area contributed by atoms with Gasteiger partial charge in [-0.05, 0) is 6.07 Å². The van der Waals surface area contributed by atoms with Crippen molar-refractivity contribution in [2.45, 2.75) is 6.54 Å². The lowest BCUT2D eigenvalue weighted by molar-refractivity contribution is 0.0966. The van der Waals surface area contributed by atoms with Crippen LogP contribution in [0.2, 0.25) is 0 Å². The van der Waals surface area contributed by atoms with Crippen molar-refractivity contribution in [3.05, 3.63) is 23.5 Å². The molecule has 4 nitrogen and oxygen atoms in total. The molecule has 1 aromatic heterocycles. The normalized spacial score (nSPS) is 14.6. The minimum atomic E-state index is -0.0510. The van der Waals surface area contributed by atoms with Crippen molar-refractivity contribution in [1.29, 1.82) is 0 Å². The van der Waals surface area contributed by atoms with Gasteiger partial charge >= 0.3 is 0 Å². The smallest absolute Gasteiger partial charge is 0.253 e. The number of aromatic nitrogens is 2. The number of nitrogens with zero attached hydrogens (tertiary/aromatic N) is 2. The van der Waals surface area contributed by atoms with E-state index in [0.717, 1.165) is 5.69 Å². The monoisotopic (exact) mass is 135 g/mol. The van der Waals surface area contributed by atoms with Gasteiger partial charge in [0.05, 0.1) is 24.0 Å². The third-order valence-electron chi connectivity index (χ3n) is 1.46. The third-order valence-corrected chi connectivity index (χ3v) is 1.46. The van der Waals surface area contributed by atoms with Gasteiger partial charge in [0.25, 0.3) is 5.91 Å². The largest absolute Gasteiger partial charge is 0.346 e. The van der Waals surface area contributed by atoms with Gasteiger partial charge in [-0.15, -0.1) is 0 Å². The van der Waals surface area contributed by atoms with Gasteiger partial charge in [0.15, 0.2) is 0 Å². The van der Waals surface area contributed by atoms with Crippen LogP contribution in [0.3, 0.4) is 0 Å². The quantitative estimate of drug-likeness (QED) is 0.532. The molecule has 2 heterocycles. The van der Waals surface area contributed by atoms with E-state index in [4.69, 9.17) is 0 Å². The molecule has 0 bridgehead atoms. The van der Waals surface area contributed by atoms with Gasteiger partial charge in [0.1, 0.15) is 0 Å². The maximum atomic E-state index is 10.9. The Morgan fingerprint density at radius 2 is 2.50 bits per heavy atom. The number of amides is 1. The average Bonchev–Trinajstić information content (AvgIpc) is 2.34. The molecule has 0 aliphatic carbocycles. The Morgan fingerprint density at radius 3 is 3.30 bits per heavy atom. The van der Waals surface area contributed by atoms with Gasteiger partial charge in [0.2, 0.25) is 0 Å². The van der Waals surface area contributed by atoms with Gasteiger partial charge in [-0.1, -0.05) is 0 Å². The maximum Gasteiger partial charge on any atom is 0.253 e. The van der Waals surface area contributed by atoms with E-state index in [2.05, 4.69) is 15.5 Å². The molecule has 10 heavy (non-hydrogen) atoms. The third kappa shape index (κ3) is 0.586. The summed E-state index contributed by atoms with van der Waals surface area (Å²) in [7, 11) is 0. The van der Waals surface area contributed by atoms with Crippen LogP contribution >= 0.6 is 0 Å². The van der Waals surface area contributed by atoms with E-state index in [9.17, 15) is 4.79 Å².